The number of halogens is 1. The fourth-order valence-corrected chi connectivity index (χ4v) is 4.20. The zero-order chi connectivity index (χ0) is 24.6. The molecule has 1 aliphatic carbocycles. The summed E-state index contributed by atoms with van der Waals surface area (Å²) < 4.78 is 8.79. The second kappa shape index (κ2) is 9.11. The first kappa shape index (κ1) is 23.8. The molecule has 34 heavy (non-hydrogen) atoms. The van der Waals surface area contributed by atoms with Crippen LogP contribution in [0.2, 0.25) is 5.02 Å². The van der Waals surface area contributed by atoms with E-state index < -0.39 is 17.6 Å². The summed E-state index contributed by atoms with van der Waals surface area (Å²) in [6.07, 6.45) is 5.73. The number of nitrogens with zero attached hydrogens (tertiary/aromatic N) is 4. The second-order valence-corrected chi connectivity index (χ2v) is 10.1. The van der Waals surface area contributed by atoms with Crippen molar-refractivity contribution >= 4 is 17.6 Å². The van der Waals surface area contributed by atoms with E-state index in [1.54, 1.807) is 63.1 Å². The summed E-state index contributed by atoms with van der Waals surface area (Å²) >= 11 is 6.23. The number of hydrogen-bond acceptors (Lipinski definition) is 5. The molecular formula is C26H27ClN4O3. The molecule has 0 spiro atoms. The van der Waals surface area contributed by atoms with Gasteiger partial charge in [0.15, 0.2) is 0 Å². The minimum Gasteiger partial charge on any atom is -0.458 e. The maximum absolute atomic E-state index is 13.4. The second-order valence-electron chi connectivity index (χ2n) is 9.70. The average molecular weight is 479 g/mol. The Bertz CT molecular complexity index is 1340. The summed E-state index contributed by atoms with van der Waals surface area (Å²) in [5.41, 5.74) is 2.31. The van der Waals surface area contributed by atoms with Crippen LogP contribution < -0.4 is 5.56 Å². The van der Waals surface area contributed by atoms with Crippen LogP contribution in [0, 0.1) is 11.3 Å². The Kier molecular flexibility index (Phi) is 6.37. The molecule has 7 nitrogen and oxygen atoms in total. The average Bonchev–Trinajstić information content (AvgIpc) is 3.52. The molecule has 0 aliphatic heterocycles. The van der Waals surface area contributed by atoms with E-state index in [4.69, 9.17) is 16.3 Å². The molecule has 1 aromatic carbocycles. The van der Waals surface area contributed by atoms with Gasteiger partial charge in [0.1, 0.15) is 11.6 Å². The maximum atomic E-state index is 13.4. The smallest absolute Gasteiger partial charge is 0.330 e. The van der Waals surface area contributed by atoms with Gasteiger partial charge in [-0.3, -0.25) is 9.48 Å². The van der Waals surface area contributed by atoms with Crippen molar-refractivity contribution in [3.8, 4) is 17.2 Å². The molecule has 1 atom stereocenters. The molecule has 4 rings (SSSR count). The molecule has 0 N–H and O–H groups in total. The van der Waals surface area contributed by atoms with E-state index in [0.29, 0.717) is 27.4 Å². The molecule has 1 aliphatic rings. The van der Waals surface area contributed by atoms with Crippen LogP contribution in [0.25, 0.3) is 11.1 Å². The lowest BCUT2D eigenvalue weighted by atomic mass is 9.94. The Morgan fingerprint density at radius 2 is 2.00 bits per heavy atom. The van der Waals surface area contributed by atoms with Crippen LogP contribution in [0.15, 0.2) is 47.5 Å². The van der Waals surface area contributed by atoms with Gasteiger partial charge in [-0.2, -0.15) is 10.4 Å². The van der Waals surface area contributed by atoms with Gasteiger partial charge in [-0.05, 0) is 74.9 Å². The van der Waals surface area contributed by atoms with Crippen LogP contribution in [0.4, 0.5) is 0 Å². The predicted octanol–water partition coefficient (Wildman–Crippen LogP) is 4.78. The van der Waals surface area contributed by atoms with Crippen LogP contribution in [0.3, 0.4) is 0 Å². The number of carbonyl (C=O) groups excluding carboxylic acids is 1. The van der Waals surface area contributed by atoms with Gasteiger partial charge in [0.05, 0.1) is 17.3 Å². The number of benzene rings is 1. The van der Waals surface area contributed by atoms with Crippen molar-refractivity contribution < 1.29 is 9.53 Å². The Morgan fingerprint density at radius 3 is 2.59 bits per heavy atom. The number of pyridine rings is 1. The van der Waals surface area contributed by atoms with Gasteiger partial charge < -0.3 is 9.30 Å². The molecule has 176 valence electrons. The van der Waals surface area contributed by atoms with Gasteiger partial charge in [0.2, 0.25) is 0 Å². The van der Waals surface area contributed by atoms with Crippen LogP contribution in [-0.2, 0) is 23.0 Å². The molecule has 0 bridgehead atoms. The van der Waals surface area contributed by atoms with Crippen molar-refractivity contribution in [1.82, 2.24) is 14.3 Å². The molecule has 1 saturated carbocycles. The number of aryl methyl sites for hydroxylation is 1. The Morgan fingerprint density at radius 1 is 1.26 bits per heavy atom. The Balaban J connectivity index is 1.85. The summed E-state index contributed by atoms with van der Waals surface area (Å²) in [6, 6.07) is 9.68. The summed E-state index contributed by atoms with van der Waals surface area (Å²) in [6.45, 7) is 5.40. The van der Waals surface area contributed by atoms with Gasteiger partial charge in [-0.25, -0.2) is 4.79 Å². The SMILES string of the molecule is Cn1ccc(CC(C(=O)OC(C)(C)C)n2cc(C3CC3)c(-c3cc(Cl)ccc3C#N)cc2=O)n1. The van der Waals surface area contributed by atoms with Gasteiger partial charge in [0.25, 0.3) is 5.56 Å². The molecule has 0 radical (unpaired) electrons. The fourth-order valence-electron chi connectivity index (χ4n) is 4.03. The van der Waals surface area contributed by atoms with Crippen molar-refractivity contribution in [3.05, 3.63) is 74.9 Å². The third-order valence-corrected chi connectivity index (χ3v) is 5.94. The first-order chi connectivity index (χ1) is 16.1. The van der Waals surface area contributed by atoms with Gasteiger partial charge in [-0.1, -0.05) is 11.6 Å². The summed E-state index contributed by atoms with van der Waals surface area (Å²) in [7, 11) is 1.80. The highest BCUT2D eigenvalue weighted by Crippen LogP contribution is 2.45. The molecule has 0 saturated heterocycles. The minimum atomic E-state index is -0.872. The highest BCUT2D eigenvalue weighted by molar-refractivity contribution is 6.31. The normalized spacial score (nSPS) is 14.5. The summed E-state index contributed by atoms with van der Waals surface area (Å²) in [5.74, 6) is -0.239. The lowest BCUT2D eigenvalue weighted by molar-refractivity contribution is -0.159. The fraction of sp³-hybridized carbons (Fsp3) is 0.385. The quantitative estimate of drug-likeness (QED) is 0.476. The van der Waals surface area contributed by atoms with Gasteiger partial charge in [-0.15, -0.1) is 0 Å². The zero-order valence-electron chi connectivity index (χ0n) is 19.7. The topological polar surface area (TPSA) is 89.9 Å². The third kappa shape index (κ3) is 5.23. The Labute approximate surface area is 203 Å². The molecule has 1 unspecified atom stereocenters. The van der Waals surface area contributed by atoms with E-state index in [0.717, 1.165) is 18.4 Å². The number of aromatic nitrogens is 3. The van der Waals surface area contributed by atoms with Gasteiger partial charge in [0, 0.05) is 42.5 Å². The van der Waals surface area contributed by atoms with Crippen LogP contribution >= 0.6 is 11.6 Å². The number of ether oxygens (including phenoxy) is 1. The molecule has 1 fully saturated rings. The largest absolute Gasteiger partial charge is 0.458 e. The number of carbonyl (C=O) groups is 1. The zero-order valence-corrected chi connectivity index (χ0v) is 20.5. The summed E-state index contributed by atoms with van der Waals surface area (Å²) in [4.78, 5) is 26.7. The Hall–Kier alpha value is -3.37. The van der Waals surface area contributed by atoms with Crippen molar-refractivity contribution in [2.75, 3.05) is 0 Å². The van der Waals surface area contributed by atoms with Crippen molar-refractivity contribution in [1.29, 1.82) is 5.26 Å². The molecule has 2 heterocycles. The lowest BCUT2D eigenvalue weighted by Gasteiger charge is -2.25. The highest BCUT2D eigenvalue weighted by atomic mass is 35.5. The molecule has 3 aromatic rings. The predicted molar refractivity (Wildman–Crippen MR) is 130 cm³/mol. The maximum Gasteiger partial charge on any atom is 0.330 e. The number of hydrogen-bond donors (Lipinski definition) is 0. The molecule has 0 amide bonds. The number of nitriles is 1. The first-order valence-electron chi connectivity index (χ1n) is 11.2. The number of esters is 1. The van der Waals surface area contributed by atoms with E-state index in [2.05, 4.69) is 11.2 Å². The minimum absolute atomic E-state index is 0.222. The van der Waals surface area contributed by atoms with E-state index in [9.17, 15) is 14.9 Å². The summed E-state index contributed by atoms with van der Waals surface area (Å²) in [5, 5.41) is 14.5. The van der Waals surface area contributed by atoms with E-state index >= 15 is 0 Å². The highest BCUT2D eigenvalue weighted by Gasteiger charge is 2.32. The lowest BCUT2D eigenvalue weighted by Crippen LogP contribution is -2.36. The van der Waals surface area contributed by atoms with E-state index in [-0.39, 0.29) is 17.9 Å². The van der Waals surface area contributed by atoms with Crippen molar-refractivity contribution in [3.63, 3.8) is 0 Å². The molecule has 8 heteroatoms. The molecular weight excluding hydrogens is 452 g/mol. The van der Waals surface area contributed by atoms with E-state index in [1.807, 2.05) is 6.07 Å². The van der Waals surface area contributed by atoms with E-state index in [1.165, 1.54) is 10.6 Å². The van der Waals surface area contributed by atoms with Gasteiger partial charge >= 0.3 is 5.97 Å². The van der Waals surface area contributed by atoms with Crippen LogP contribution in [0.5, 0.6) is 0 Å². The molecule has 2 aromatic heterocycles. The van der Waals surface area contributed by atoms with Crippen LogP contribution in [-0.4, -0.2) is 25.9 Å². The first-order valence-corrected chi connectivity index (χ1v) is 11.6. The van der Waals surface area contributed by atoms with Crippen LogP contribution in [0.1, 0.15) is 62.4 Å². The number of rotatable bonds is 6. The monoisotopic (exact) mass is 478 g/mol. The third-order valence-electron chi connectivity index (χ3n) is 5.71. The van der Waals surface area contributed by atoms with Crippen molar-refractivity contribution in [2.24, 2.45) is 7.05 Å². The standard InChI is InChI=1S/C26H27ClN4O3/c1-26(2,3)34-25(33)23(12-19-9-10-30(4)29-19)31-15-22(16-5-6-16)21(13-24(31)32)20-11-18(27)8-7-17(20)14-28/h7-11,13,15-16,23H,5-6,12H2,1-4H3. The van der Waals surface area contributed by atoms with Crippen molar-refractivity contribution in [2.45, 2.75) is 57.6 Å².